The van der Waals surface area contributed by atoms with Crippen molar-refractivity contribution in [2.45, 2.75) is 26.1 Å². The lowest BCUT2D eigenvalue weighted by Crippen LogP contribution is -2.07. The minimum atomic E-state index is -0.191. The lowest BCUT2D eigenvalue weighted by atomic mass is 10.2. The molecule has 6 heteroatoms. The molecule has 0 radical (unpaired) electrons. The molecule has 4 nitrogen and oxygen atoms in total. The van der Waals surface area contributed by atoms with E-state index < -0.39 is 0 Å². The van der Waals surface area contributed by atoms with Gasteiger partial charge in [-0.1, -0.05) is 12.1 Å². The molecule has 0 fully saturated rings. The Balaban J connectivity index is 2.44. The van der Waals surface area contributed by atoms with Crippen molar-refractivity contribution < 1.29 is 0 Å². The molecule has 0 N–H and O–H groups in total. The van der Waals surface area contributed by atoms with E-state index in [1.807, 2.05) is 31.6 Å². The van der Waals surface area contributed by atoms with E-state index in [2.05, 4.69) is 44.7 Å². The van der Waals surface area contributed by atoms with Crippen LogP contribution in [0.3, 0.4) is 0 Å². The van der Waals surface area contributed by atoms with Crippen molar-refractivity contribution in [2.24, 2.45) is 7.05 Å². The van der Waals surface area contributed by atoms with Gasteiger partial charge in [0, 0.05) is 11.5 Å². The largest absolute Gasteiger partial charge is 0.278 e. The van der Waals surface area contributed by atoms with Gasteiger partial charge >= 0.3 is 0 Å². The average molecular weight is 368 g/mol. The molecule has 2 aromatic heterocycles. The number of hydrogen-bond acceptors (Lipinski definition) is 2. The number of fused-ring (bicyclic) bond motifs is 1. The first-order valence-electron chi connectivity index (χ1n) is 6.73. The fourth-order valence-corrected chi connectivity index (χ4v) is 3.19. The smallest absolute Gasteiger partial charge is 0.163 e. The Morgan fingerprint density at radius 3 is 2.67 bits per heavy atom. The zero-order chi connectivity index (χ0) is 15.3. The van der Waals surface area contributed by atoms with Crippen molar-refractivity contribution in [1.82, 2.24) is 19.3 Å². The number of aromatic nitrogens is 4. The van der Waals surface area contributed by atoms with Gasteiger partial charge < -0.3 is 0 Å². The average Bonchev–Trinajstić information content (AvgIpc) is 2.93. The number of hydrogen-bond donors (Lipinski definition) is 0. The van der Waals surface area contributed by atoms with Gasteiger partial charge in [0.15, 0.2) is 5.65 Å². The Hall–Kier alpha value is -1.33. The summed E-state index contributed by atoms with van der Waals surface area (Å²) >= 11 is 10.0. The molecule has 2 heterocycles. The van der Waals surface area contributed by atoms with Crippen LogP contribution in [-0.4, -0.2) is 19.3 Å². The second kappa shape index (κ2) is 5.14. The highest BCUT2D eigenvalue weighted by atomic mass is 79.9. The van der Waals surface area contributed by atoms with Gasteiger partial charge in [-0.25, -0.2) is 9.67 Å². The molecular formula is C15H16BrClN4. The van der Waals surface area contributed by atoms with E-state index in [1.165, 1.54) is 5.56 Å². The van der Waals surface area contributed by atoms with Crippen LogP contribution < -0.4 is 0 Å². The van der Waals surface area contributed by atoms with Gasteiger partial charge in [0.25, 0.3) is 0 Å². The lowest BCUT2D eigenvalue weighted by molar-refractivity contribution is 0.747. The van der Waals surface area contributed by atoms with E-state index in [4.69, 9.17) is 16.6 Å². The summed E-state index contributed by atoms with van der Waals surface area (Å²) in [6.45, 7) is 5.97. The second-order valence-corrected chi connectivity index (χ2v) is 6.66. The summed E-state index contributed by atoms with van der Waals surface area (Å²) in [5.74, 6) is 0.828. The van der Waals surface area contributed by atoms with E-state index in [1.54, 1.807) is 0 Å². The molecule has 110 valence electrons. The first kappa shape index (κ1) is 14.6. The van der Waals surface area contributed by atoms with Gasteiger partial charge in [-0.05, 0) is 48.3 Å². The molecule has 0 saturated carbocycles. The standard InChI is InChI=1S/C15H16BrClN4/c1-8-6-5-7-11(12(8)16)21-14(9(2)17)18-13-10(3)19-20(4)15(13)21/h5-7,9H,1-4H3. The molecule has 0 aliphatic rings. The Kier molecular flexibility index (Phi) is 3.58. The third kappa shape index (κ3) is 2.19. The molecule has 0 aliphatic heterocycles. The van der Waals surface area contributed by atoms with Gasteiger partial charge in [0.1, 0.15) is 11.3 Å². The van der Waals surface area contributed by atoms with Crippen molar-refractivity contribution in [3.05, 3.63) is 39.8 Å². The summed E-state index contributed by atoms with van der Waals surface area (Å²) < 4.78 is 4.99. The van der Waals surface area contributed by atoms with Crippen molar-refractivity contribution in [2.75, 3.05) is 0 Å². The highest BCUT2D eigenvalue weighted by molar-refractivity contribution is 9.10. The Bertz CT molecular complexity index is 832. The molecule has 0 spiro atoms. The number of halogens is 2. The minimum Gasteiger partial charge on any atom is -0.278 e. The maximum atomic E-state index is 6.36. The summed E-state index contributed by atoms with van der Waals surface area (Å²) in [6, 6.07) is 6.16. The van der Waals surface area contributed by atoms with Crippen LogP contribution in [0.4, 0.5) is 0 Å². The number of alkyl halides is 1. The highest BCUT2D eigenvalue weighted by Crippen LogP contribution is 2.33. The summed E-state index contributed by atoms with van der Waals surface area (Å²) in [4.78, 5) is 4.71. The lowest BCUT2D eigenvalue weighted by Gasteiger charge is -2.14. The molecule has 0 aliphatic carbocycles. The zero-order valence-corrected chi connectivity index (χ0v) is 14.7. The van der Waals surface area contributed by atoms with Crippen LogP contribution in [-0.2, 0) is 7.05 Å². The fraction of sp³-hybridized carbons (Fsp3) is 0.333. The van der Waals surface area contributed by atoms with Crippen molar-refractivity contribution in [3.63, 3.8) is 0 Å². The van der Waals surface area contributed by atoms with Gasteiger partial charge in [-0.2, -0.15) is 5.10 Å². The van der Waals surface area contributed by atoms with Gasteiger partial charge in [-0.15, -0.1) is 11.6 Å². The summed E-state index contributed by atoms with van der Waals surface area (Å²) in [5, 5.41) is 4.27. The third-order valence-electron chi connectivity index (χ3n) is 3.60. The number of benzene rings is 1. The molecule has 1 atom stereocenters. The Morgan fingerprint density at radius 1 is 1.29 bits per heavy atom. The van der Waals surface area contributed by atoms with E-state index in [0.717, 1.165) is 32.8 Å². The van der Waals surface area contributed by atoms with E-state index in [9.17, 15) is 0 Å². The molecule has 1 unspecified atom stereocenters. The van der Waals surface area contributed by atoms with E-state index >= 15 is 0 Å². The quantitative estimate of drug-likeness (QED) is 0.628. The first-order chi connectivity index (χ1) is 9.91. The van der Waals surface area contributed by atoms with Crippen LogP contribution in [0.15, 0.2) is 22.7 Å². The number of nitrogens with zero attached hydrogens (tertiary/aromatic N) is 4. The summed E-state index contributed by atoms with van der Waals surface area (Å²) in [5.41, 5.74) is 4.97. The minimum absolute atomic E-state index is 0.191. The molecule has 3 rings (SSSR count). The molecule has 3 aromatic rings. The summed E-state index contributed by atoms with van der Waals surface area (Å²) in [7, 11) is 1.93. The second-order valence-electron chi connectivity index (χ2n) is 5.21. The van der Waals surface area contributed by atoms with Crippen LogP contribution in [0.5, 0.6) is 0 Å². The molecule has 0 bridgehead atoms. The van der Waals surface area contributed by atoms with Gasteiger partial charge in [0.2, 0.25) is 0 Å². The van der Waals surface area contributed by atoms with E-state index in [-0.39, 0.29) is 5.38 Å². The molecule has 0 saturated heterocycles. The van der Waals surface area contributed by atoms with Crippen LogP contribution in [0.2, 0.25) is 0 Å². The Morgan fingerprint density at radius 2 is 2.00 bits per heavy atom. The predicted octanol–water partition coefficient (Wildman–Crippen LogP) is 4.44. The topological polar surface area (TPSA) is 35.6 Å². The van der Waals surface area contributed by atoms with Crippen LogP contribution in [0.1, 0.15) is 29.4 Å². The predicted molar refractivity (Wildman–Crippen MR) is 89.3 cm³/mol. The van der Waals surface area contributed by atoms with Crippen LogP contribution >= 0.6 is 27.5 Å². The third-order valence-corrected chi connectivity index (χ3v) is 4.82. The van der Waals surface area contributed by atoms with Crippen molar-refractivity contribution >= 4 is 38.7 Å². The van der Waals surface area contributed by atoms with E-state index in [0.29, 0.717) is 0 Å². The highest BCUT2D eigenvalue weighted by Gasteiger charge is 2.22. The molecule has 0 amide bonds. The maximum Gasteiger partial charge on any atom is 0.163 e. The van der Waals surface area contributed by atoms with Gasteiger partial charge in [0.05, 0.1) is 16.8 Å². The molecular weight excluding hydrogens is 352 g/mol. The number of aryl methyl sites for hydroxylation is 3. The monoisotopic (exact) mass is 366 g/mol. The maximum absolute atomic E-state index is 6.36. The summed E-state index contributed by atoms with van der Waals surface area (Å²) in [6.07, 6.45) is 0. The van der Waals surface area contributed by atoms with Crippen LogP contribution in [0.25, 0.3) is 16.9 Å². The molecule has 1 aromatic carbocycles. The number of rotatable bonds is 2. The normalized spacial score (nSPS) is 13.0. The van der Waals surface area contributed by atoms with Crippen molar-refractivity contribution in [3.8, 4) is 5.69 Å². The Labute approximate surface area is 136 Å². The first-order valence-corrected chi connectivity index (χ1v) is 7.96. The van der Waals surface area contributed by atoms with Crippen LogP contribution in [0, 0.1) is 13.8 Å². The zero-order valence-electron chi connectivity index (χ0n) is 12.4. The molecule has 21 heavy (non-hydrogen) atoms. The number of imidazole rings is 1. The SMILES string of the molecule is Cc1cccc(-n2c(C(C)Cl)nc3c(C)nn(C)c32)c1Br. The fourth-order valence-electron chi connectivity index (χ4n) is 2.60. The van der Waals surface area contributed by atoms with Crippen molar-refractivity contribution in [1.29, 1.82) is 0 Å². The van der Waals surface area contributed by atoms with Gasteiger partial charge in [-0.3, -0.25) is 4.57 Å².